The average Bonchev–Trinajstić information content (AvgIpc) is 3.22. The van der Waals surface area contributed by atoms with Gasteiger partial charge in [0, 0.05) is 49.9 Å². The van der Waals surface area contributed by atoms with Gasteiger partial charge in [0.1, 0.15) is 17.4 Å². The van der Waals surface area contributed by atoms with Crippen LogP contribution in [0.15, 0.2) is 77.5 Å². The van der Waals surface area contributed by atoms with Gasteiger partial charge in [0.25, 0.3) is 5.91 Å². The molecular formula is C27H25N3O3. The van der Waals surface area contributed by atoms with Crippen molar-refractivity contribution >= 4 is 22.8 Å². The van der Waals surface area contributed by atoms with Crippen molar-refractivity contribution in [3.8, 4) is 11.1 Å². The van der Waals surface area contributed by atoms with E-state index in [-0.39, 0.29) is 11.8 Å². The minimum absolute atomic E-state index is 0.0360. The number of hydrogen-bond donors (Lipinski definition) is 0. The first-order valence-electron chi connectivity index (χ1n) is 11.0. The summed E-state index contributed by atoms with van der Waals surface area (Å²) < 4.78 is 5.63. The van der Waals surface area contributed by atoms with Gasteiger partial charge >= 0.3 is 0 Å². The smallest absolute Gasteiger partial charge is 0.254 e. The Balaban J connectivity index is 1.40. The van der Waals surface area contributed by atoms with E-state index in [1.54, 1.807) is 29.1 Å². The van der Waals surface area contributed by atoms with E-state index in [0.717, 1.165) is 33.4 Å². The number of amides is 2. The van der Waals surface area contributed by atoms with Gasteiger partial charge in [-0.25, -0.2) is 0 Å². The van der Waals surface area contributed by atoms with E-state index in [1.165, 1.54) is 0 Å². The molecule has 1 aliphatic rings. The van der Waals surface area contributed by atoms with E-state index in [4.69, 9.17) is 4.42 Å². The third-order valence-electron chi connectivity index (χ3n) is 6.24. The first-order valence-corrected chi connectivity index (χ1v) is 11.0. The number of piperazine rings is 1. The van der Waals surface area contributed by atoms with Gasteiger partial charge in [-0.05, 0) is 53.9 Å². The van der Waals surface area contributed by atoms with Crippen molar-refractivity contribution in [3.05, 3.63) is 89.9 Å². The lowest BCUT2D eigenvalue weighted by molar-refractivity contribution is -0.138. The molecule has 0 N–H and O–H groups in total. The number of fused-ring (bicyclic) bond motifs is 1. The Morgan fingerprint density at radius 2 is 1.88 bits per heavy atom. The van der Waals surface area contributed by atoms with Gasteiger partial charge in [0.15, 0.2) is 0 Å². The van der Waals surface area contributed by atoms with Gasteiger partial charge < -0.3 is 14.2 Å². The van der Waals surface area contributed by atoms with Crippen LogP contribution in [0.5, 0.6) is 0 Å². The number of pyridine rings is 1. The van der Waals surface area contributed by atoms with E-state index in [9.17, 15) is 9.59 Å². The van der Waals surface area contributed by atoms with Crippen molar-refractivity contribution in [3.63, 3.8) is 0 Å². The van der Waals surface area contributed by atoms with Crippen molar-refractivity contribution in [2.45, 2.75) is 19.4 Å². The van der Waals surface area contributed by atoms with Crippen LogP contribution in [-0.2, 0) is 11.2 Å². The number of aryl methyl sites for hydroxylation is 1. The Labute approximate surface area is 192 Å². The van der Waals surface area contributed by atoms with Crippen LogP contribution in [0.3, 0.4) is 0 Å². The molecule has 0 unspecified atom stereocenters. The molecule has 0 radical (unpaired) electrons. The molecule has 6 nitrogen and oxygen atoms in total. The lowest BCUT2D eigenvalue weighted by Crippen LogP contribution is -2.58. The highest BCUT2D eigenvalue weighted by molar-refractivity contribution is 6.00. The molecule has 2 aromatic heterocycles. The standard InChI is InChI=1S/C27H25N3O3/c1-18-14-23-16-21(9-10-25(23)33-18)26(31)30-13-12-29(2)27(32)24(30)15-19-5-7-20(8-6-19)22-4-3-11-28-17-22/h3-11,14,16-17,24H,12-13,15H2,1-2H3/t24-/m1/s1. The number of likely N-dealkylation sites (N-methyl/N-ethyl adjacent to an activating group) is 1. The fraction of sp³-hybridized carbons (Fsp3) is 0.222. The van der Waals surface area contributed by atoms with Gasteiger partial charge in [-0.3, -0.25) is 14.6 Å². The Morgan fingerprint density at radius 3 is 2.64 bits per heavy atom. The summed E-state index contributed by atoms with van der Waals surface area (Å²) in [5.74, 6) is 0.636. The first-order chi connectivity index (χ1) is 16.0. The molecule has 5 rings (SSSR count). The highest BCUT2D eigenvalue weighted by atomic mass is 16.3. The number of hydrogen-bond acceptors (Lipinski definition) is 4. The van der Waals surface area contributed by atoms with Gasteiger partial charge in [-0.2, -0.15) is 0 Å². The Bertz CT molecular complexity index is 1310. The molecule has 3 heterocycles. The zero-order valence-electron chi connectivity index (χ0n) is 18.7. The second-order valence-corrected chi connectivity index (χ2v) is 8.53. The van der Waals surface area contributed by atoms with Crippen LogP contribution in [0.4, 0.5) is 0 Å². The van der Waals surface area contributed by atoms with Crippen LogP contribution < -0.4 is 0 Å². The van der Waals surface area contributed by atoms with Gasteiger partial charge in [0.2, 0.25) is 5.91 Å². The van der Waals surface area contributed by atoms with Crippen molar-refractivity contribution < 1.29 is 14.0 Å². The number of nitrogens with zero attached hydrogens (tertiary/aromatic N) is 3. The largest absolute Gasteiger partial charge is 0.461 e. The van der Waals surface area contributed by atoms with Crippen LogP contribution in [0, 0.1) is 6.92 Å². The van der Waals surface area contributed by atoms with E-state index in [2.05, 4.69) is 4.98 Å². The fourth-order valence-corrected chi connectivity index (χ4v) is 4.42. The van der Waals surface area contributed by atoms with E-state index < -0.39 is 6.04 Å². The zero-order valence-corrected chi connectivity index (χ0v) is 18.7. The SMILES string of the molecule is Cc1cc2cc(C(=O)N3CCN(C)C(=O)[C@H]3Cc3ccc(-c4cccnc4)cc3)ccc2o1. The summed E-state index contributed by atoms with van der Waals surface area (Å²) in [5.41, 5.74) is 4.44. The molecule has 0 bridgehead atoms. The summed E-state index contributed by atoms with van der Waals surface area (Å²) in [6.07, 6.45) is 4.04. The van der Waals surface area contributed by atoms with Crippen molar-refractivity contribution in [2.24, 2.45) is 0 Å². The molecule has 166 valence electrons. The number of benzene rings is 2. The maximum absolute atomic E-state index is 13.5. The molecule has 2 amide bonds. The van der Waals surface area contributed by atoms with Crippen LogP contribution in [0.2, 0.25) is 0 Å². The molecule has 1 fully saturated rings. The molecule has 2 aromatic carbocycles. The van der Waals surface area contributed by atoms with Crippen molar-refractivity contribution in [1.29, 1.82) is 0 Å². The molecule has 4 aromatic rings. The highest BCUT2D eigenvalue weighted by Crippen LogP contribution is 2.25. The van der Waals surface area contributed by atoms with Gasteiger partial charge in [-0.1, -0.05) is 30.3 Å². The second kappa shape index (κ2) is 8.54. The first kappa shape index (κ1) is 20.9. The molecule has 0 spiro atoms. The normalized spacial score (nSPS) is 16.4. The van der Waals surface area contributed by atoms with Crippen LogP contribution in [-0.4, -0.2) is 52.8 Å². The minimum atomic E-state index is -0.540. The number of carbonyl (C=O) groups is 2. The Morgan fingerprint density at radius 1 is 1.06 bits per heavy atom. The molecular weight excluding hydrogens is 414 g/mol. The monoisotopic (exact) mass is 439 g/mol. The van der Waals surface area contributed by atoms with Crippen LogP contribution >= 0.6 is 0 Å². The Hall–Kier alpha value is -3.93. The molecule has 0 saturated carbocycles. The zero-order chi connectivity index (χ0) is 22.9. The summed E-state index contributed by atoms with van der Waals surface area (Å²) in [7, 11) is 1.79. The fourth-order valence-electron chi connectivity index (χ4n) is 4.42. The lowest BCUT2D eigenvalue weighted by atomic mass is 9.98. The summed E-state index contributed by atoms with van der Waals surface area (Å²) in [6.45, 7) is 2.91. The predicted molar refractivity (Wildman–Crippen MR) is 127 cm³/mol. The summed E-state index contributed by atoms with van der Waals surface area (Å²) in [4.78, 5) is 34.1. The van der Waals surface area contributed by atoms with E-state index >= 15 is 0 Å². The quantitative estimate of drug-likeness (QED) is 0.475. The van der Waals surface area contributed by atoms with Gasteiger partial charge in [-0.15, -0.1) is 0 Å². The maximum Gasteiger partial charge on any atom is 0.254 e. The van der Waals surface area contributed by atoms with Crippen molar-refractivity contribution in [2.75, 3.05) is 20.1 Å². The molecule has 33 heavy (non-hydrogen) atoms. The molecule has 0 aliphatic carbocycles. The Kier molecular flexibility index (Phi) is 5.42. The highest BCUT2D eigenvalue weighted by Gasteiger charge is 2.36. The summed E-state index contributed by atoms with van der Waals surface area (Å²) in [5, 5.41) is 0.890. The topological polar surface area (TPSA) is 66.7 Å². The average molecular weight is 440 g/mol. The van der Waals surface area contributed by atoms with E-state index in [0.29, 0.717) is 25.1 Å². The number of carbonyl (C=O) groups excluding carboxylic acids is 2. The second-order valence-electron chi connectivity index (χ2n) is 8.53. The summed E-state index contributed by atoms with van der Waals surface area (Å²) >= 11 is 0. The number of rotatable bonds is 4. The molecule has 1 atom stereocenters. The maximum atomic E-state index is 13.5. The lowest BCUT2D eigenvalue weighted by Gasteiger charge is -2.39. The molecule has 1 aliphatic heterocycles. The number of furan rings is 1. The van der Waals surface area contributed by atoms with Crippen LogP contribution in [0.25, 0.3) is 22.1 Å². The predicted octanol–water partition coefficient (Wildman–Crippen LogP) is 4.33. The third kappa shape index (κ3) is 4.12. The van der Waals surface area contributed by atoms with Gasteiger partial charge in [0.05, 0.1) is 0 Å². The minimum Gasteiger partial charge on any atom is -0.461 e. The van der Waals surface area contributed by atoms with E-state index in [1.807, 2.05) is 67.7 Å². The summed E-state index contributed by atoms with van der Waals surface area (Å²) in [6, 6.07) is 18.8. The molecule has 1 saturated heterocycles. The third-order valence-corrected chi connectivity index (χ3v) is 6.24. The van der Waals surface area contributed by atoms with Crippen LogP contribution in [0.1, 0.15) is 21.7 Å². The van der Waals surface area contributed by atoms with Crippen molar-refractivity contribution in [1.82, 2.24) is 14.8 Å². The molecule has 6 heteroatoms. The number of aromatic nitrogens is 1.